The van der Waals surface area contributed by atoms with Crippen LogP contribution in [0, 0.1) is 10.6 Å². The van der Waals surface area contributed by atoms with Crippen LogP contribution in [-0.4, -0.2) is 19.3 Å². The molecule has 0 unspecified atom stereocenters. The summed E-state index contributed by atoms with van der Waals surface area (Å²) in [4.78, 5) is 3.20. The summed E-state index contributed by atoms with van der Waals surface area (Å²) in [5.74, 6) is -0.236. The number of aromatic nitrogens is 4. The summed E-state index contributed by atoms with van der Waals surface area (Å²) in [5.41, 5.74) is 3.78. The van der Waals surface area contributed by atoms with Crippen molar-refractivity contribution in [3.05, 3.63) is 46.1 Å². The second kappa shape index (κ2) is 4.86. The summed E-state index contributed by atoms with van der Waals surface area (Å²) in [6.07, 6.45) is 0.840. The van der Waals surface area contributed by atoms with Gasteiger partial charge in [0.15, 0.2) is 10.4 Å². The van der Waals surface area contributed by atoms with Crippen molar-refractivity contribution in [3.63, 3.8) is 0 Å². The van der Waals surface area contributed by atoms with Crippen molar-refractivity contribution in [2.75, 3.05) is 0 Å². The lowest BCUT2D eigenvalue weighted by atomic mass is 10.2. The molecular weight excluding hydrogens is 275 g/mol. The third-order valence-electron chi connectivity index (χ3n) is 3.39. The number of hydrogen-bond acceptors (Lipinski definition) is 2. The van der Waals surface area contributed by atoms with E-state index < -0.39 is 0 Å². The first kappa shape index (κ1) is 13.1. The minimum Gasteiger partial charge on any atom is -0.328 e. The third-order valence-corrected chi connectivity index (χ3v) is 3.71. The molecule has 0 amide bonds. The number of benzene rings is 1. The van der Waals surface area contributed by atoms with E-state index in [-0.39, 0.29) is 5.82 Å². The van der Waals surface area contributed by atoms with E-state index in [1.807, 2.05) is 22.4 Å². The van der Waals surface area contributed by atoms with Crippen molar-refractivity contribution in [2.45, 2.75) is 19.9 Å². The van der Waals surface area contributed by atoms with Gasteiger partial charge in [-0.3, -0.25) is 9.25 Å². The summed E-state index contributed by atoms with van der Waals surface area (Å²) >= 11 is 5.38. The molecule has 3 rings (SSSR count). The van der Waals surface area contributed by atoms with E-state index in [2.05, 4.69) is 17.0 Å². The maximum absolute atomic E-state index is 13.3. The predicted octanol–water partition coefficient (Wildman–Crippen LogP) is 3.18. The number of aromatic amines is 1. The highest BCUT2D eigenvalue weighted by atomic mass is 32.1. The van der Waals surface area contributed by atoms with Crippen molar-refractivity contribution in [1.29, 1.82) is 0 Å². The molecule has 0 aliphatic carbocycles. The van der Waals surface area contributed by atoms with Crippen LogP contribution in [0.3, 0.4) is 0 Å². The van der Waals surface area contributed by atoms with Crippen LogP contribution in [0.2, 0.25) is 0 Å². The molecule has 4 nitrogen and oxygen atoms in total. The van der Waals surface area contributed by atoms with E-state index >= 15 is 0 Å². The van der Waals surface area contributed by atoms with Gasteiger partial charge in [0.05, 0.1) is 12.2 Å². The average Bonchev–Trinajstić information content (AvgIpc) is 2.88. The lowest BCUT2D eigenvalue weighted by molar-refractivity contribution is 0.623. The van der Waals surface area contributed by atoms with Crippen molar-refractivity contribution in [2.24, 2.45) is 7.05 Å². The van der Waals surface area contributed by atoms with Gasteiger partial charge in [-0.2, -0.15) is 5.10 Å². The standard InChI is InChI=1S/C14H15FN4S/c1-3-11-12-13(18(2)17-11)19(14(20)16-12)8-9-5-4-6-10(15)7-9/h4-7H,3,8H2,1-2H3,(H,16,20). The zero-order chi connectivity index (χ0) is 14.3. The van der Waals surface area contributed by atoms with Gasteiger partial charge in [-0.15, -0.1) is 0 Å². The van der Waals surface area contributed by atoms with Crippen LogP contribution in [0.15, 0.2) is 24.3 Å². The van der Waals surface area contributed by atoms with Crippen LogP contribution in [0.25, 0.3) is 11.2 Å². The molecule has 0 saturated carbocycles. The number of fused-ring (bicyclic) bond motifs is 1. The van der Waals surface area contributed by atoms with E-state index in [9.17, 15) is 4.39 Å². The third kappa shape index (κ3) is 2.06. The highest BCUT2D eigenvalue weighted by Gasteiger charge is 2.14. The van der Waals surface area contributed by atoms with Crippen molar-refractivity contribution in [3.8, 4) is 0 Å². The number of hydrogen-bond donors (Lipinski definition) is 1. The molecule has 2 heterocycles. The van der Waals surface area contributed by atoms with E-state index in [1.54, 1.807) is 6.07 Å². The largest absolute Gasteiger partial charge is 0.328 e. The molecule has 20 heavy (non-hydrogen) atoms. The molecule has 2 aromatic heterocycles. The van der Waals surface area contributed by atoms with Gasteiger partial charge in [0.1, 0.15) is 11.3 Å². The Morgan fingerprint density at radius 1 is 1.40 bits per heavy atom. The molecule has 0 fully saturated rings. The molecule has 0 radical (unpaired) electrons. The van der Waals surface area contributed by atoms with Gasteiger partial charge in [-0.25, -0.2) is 4.39 Å². The number of nitrogens with one attached hydrogen (secondary N) is 1. The number of H-pyrrole nitrogens is 1. The van der Waals surface area contributed by atoms with Crippen molar-refractivity contribution >= 4 is 23.4 Å². The van der Waals surface area contributed by atoms with E-state index in [4.69, 9.17) is 12.2 Å². The minimum atomic E-state index is -0.236. The molecule has 0 aliphatic heterocycles. The summed E-state index contributed by atoms with van der Waals surface area (Å²) in [6.45, 7) is 2.59. The van der Waals surface area contributed by atoms with Gasteiger partial charge >= 0.3 is 0 Å². The monoisotopic (exact) mass is 290 g/mol. The highest BCUT2D eigenvalue weighted by molar-refractivity contribution is 7.71. The number of imidazole rings is 1. The van der Waals surface area contributed by atoms with Crippen molar-refractivity contribution in [1.82, 2.24) is 19.3 Å². The Balaban J connectivity index is 2.14. The Kier molecular flexibility index (Phi) is 3.17. The maximum Gasteiger partial charge on any atom is 0.179 e. The van der Waals surface area contributed by atoms with Crippen LogP contribution in [-0.2, 0) is 20.0 Å². The smallest absolute Gasteiger partial charge is 0.179 e. The molecule has 0 atom stereocenters. The Labute approximate surface area is 120 Å². The molecule has 1 N–H and O–H groups in total. The fourth-order valence-electron chi connectivity index (χ4n) is 2.49. The summed E-state index contributed by atoms with van der Waals surface area (Å²) in [7, 11) is 1.90. The fourth-order valence-corrected chi connectivity index (χ4v) is 2.74. The average molecular weight is 290 g/mol. The number of nitrogens with zero attached hydrogens (tertiary/aromatic N) is 3. The molecule has 1 aromatic carbocycles. The Hall–Kier alpha value is -1.95. The predicted molar refractivity (Wildman–Crippen MR) is 78.8 cm³/mol. The highest BCUT2D eigenvalue weighted by Crippen LogP contribution is 2.19. The zero-order valence-electron chi connectivity index (χ0n) is 11.4. The normalized spacial score (nSPS) is 11.3. The molecule has 0 spiro atoms. The first-order valence-electron chi connectivity index (χ1n) is 6.49. The van der Waals surface area contributed by atoms with Gasteiger partial charge in [-0.05, 0) is 36.3 Å². The lowest BCUT2D eigenvalue weighted by Gasteiger charge is -2.05. The molecule has 3 aromatic rings. The Morgan fingerprint density at radius 2 is 2.20 bits per heavy atom. The second-order valence-electron chi connectivity index (χ2n) is 4.77. The number of rotatable bonds is 3. The van der Waals surface area contributed by atoms with E-state index in [0.29, 0.717) is 11.3 Å². The molecule has 0 aliphatic rings. The van der Waals surface area contributed by atoms with Gasteiger partial charge in [0.2, 0.25) is 0 Å². The first-order chi connectivity index (χ1) is 9.60. The van der Waals surface area contributed by atoms with E-state index in [0.717, 1.165) is 28.8 Å². The summed E-state index contributed by atoms with van der Waals surface area (Å²) in [5, 5.41) is 4.47. The lowest BCUT2D eigenvalue weighted by Crippen LogP contribution is -2.04. The van der Waals surface area contributed by atoms with Crippen LogP contribution >= 0.6 is 12.2 Å². The van der Waals surface area contributed by atoms with Crippen LogP contribution in [0.4, 0.5) is 4.39 Å². The fraction of sp³-hybridized carbons (Fsp3) is 0.286. The van der Waals surface area contributed by atoms with Gasteiger partial charge in [0, 0.05) is 7.05 Å². The SMILES string of the molecule is CCc1nn(C)c2c1[nH]c(=S)n2Cc1cccc(F)c1. The Bertz CT molecular complexity index is 827. The van der Waals surface area contributed by atoms with Crippen LogP contribution in [0.5, 0.6) is 0 Å². The Morgan fingerprint density at radius 3 is 2.90 bits per heavy atom. The zero-order valence-corrected chi connectivity index (χ0v) is 12.2. The van der Waals surface area contributed by atoms with Crippen LogP contribution in [0.1, 0.15) is 18.2 Å². The quantitative estimate of drug-likeness (QED) is 0.752. The summed E-state index contributed by atoms with van der Waals surface area (Å²) < 4.78 is 17.7. The molecule has 104 valence electrons. The minimum absolute atomic E-state index is 0.236. The second-order valence-corrected chi connectivity index (χ2v) is 5.16. The van der Waals surface area contributed by atoms with E-state index in [1.165, 1.54) is 12.1 Å². The van der Waals surface area contributed by atoms with Gasteiger partial charge < -0.3 is 4.98 Å². The molecule has 0 bridgehead atoms. The van der Waals surface area contributed by atoms with Gasteiger partial charge in [-0.1, -0.05) is 19.1 Å². The van der Waals surface area contributed by atoms with Crippen LogP contribution < -0.4 is 0 Å². The molecule has 0 saturated heterocycles. The summed E-state index contributed by atoms with van der Waals surface area (Å²) in [6, 6.07) is 6.56. The first-order valence-corrected chi connectivity index (χ1v) is 6.89. The molecular formula is C14H15FN4S. The topological polar surface area (TPSA) is 38.5 Å². The van der Waals surface area contributed by atoms with Gasteiger partial charge in [0.25, 0.3) is 0 Å². The van der Waals surface area contributed by atoms with Crippen molar-refractivity contribution < 1.29 is 4.39 Å². The maximum atomic E-state index is 13.3. The number of halogens is 1. The number of aryl methyl sites for hydroxylation is 2. The molecule has 6 heteroatoms.